The summed E-state index contributed by atoms with van der Waals surface area (Å²) < 4.78 is 15.5. The highest BCUT2D eigenvalue weighted by atomic mass is 35.5. The second-order valence-electron chi connectivity index (χ2n) is 4.03. The normalized spacial score (nSPS) is 10.4. The molecule has 0 bridgehead atoms. The zero-order chi connectivity index (χ0) is 14.5. The molecule has 0 aliphatic rings. The molecule has 0 N–H and O–H groups in total. The van der Waals surface area contributed by atoms with Gasteiger partial charge in [-0.2, -0.15) is 0 Å². The Morgan fingerprint density at radius 3 is 2.15 bits per heavy atom. The number of benzene rings is 1. The molecule has 1 aromatic carbocycles. The summed E-state index contributed by atoms with van der Waals surface area (Å²) in [5.41, 5.74) is 1.53. The van der Waals surface area contributed by atoms with Crippen LogP contribution in [0.2, 0.25) is 5.15 Å². The number of ether oxygens (including phenoxy) is 3. The summed E-state index contributed by atoms with van der Waals surface area (Å²) in [6, 6.07) is 7.20. The van der Waals surface area contributed by atoms with Gasteiger partial charge in [0.25, 0.3) is 0 Å². The van der Waals surface area contributed by atoms with E-state index in [-0.39, 0.29) is 0 Å². The van der Waals surface area contributed by atoms with Gasteiger partial charge in [-0.05, 0) is 12.1 Å². The Morgan fingerprint density at radius 2 is 1.60 bits per heavy atom. The van der Waals surface area contributed by atoms with Crippen LogP contribution in [-0.4, -0.2) is 31.3 Å². The van der Waals surface area contributed by atoms with E-state index in [2.05, 4.69) is 9.97 Å². The molecule has 0 aliphatic carbocycles. The predicted octanol–water partition coefficient (Wildman–Crippen LogP) is 2.96. The Hall–Kier alpha value is -1.85. The van der Waals surface area contributed by atoms with Crippen LogP contribution in [0.3, 0.4) is 0 Å². The number of hydrogen-bond acceptors (Lipinski definition) is 5. The van der Waals surface area contributed by atoms with E-state index in [9.17, 15) is 0 Å². The summed E-state index contributed by atoms with van der Waals surface area (Å²) in [4.78, 5) is 8.51. The number of rotatable bonds is 5. The van der Waals surface area contributed by atoms with Gasteiger partial charge in [-0.1, -0.05) is 11.6 Å². The average Bonchev–Trinajstić information content (AvgIpc) is 2.46. The van der Waals surface area contributed by atoms with E-state index in [0.29, 0.717) is 34.8 Å². The fraction of sp³-hybridized carbons (Fsp3) is 0.286. The molecule has 1 aromatic heterocycles. The number of nitrogens with zero attached hydrogens (tertiary/aromatic N) is 2. The molecule has 6 heteroatoms. The lowest BCUT2D eigenvalue weighted by atomic mass is 10.1. The second kappa shape index (κ2) is 6.54. The molecule has 1 heterocycles. The minimum Gasteiger partial charge on any atom is -0.497 e. The maximum atomic E-state index is 6.01. The van der Waals surface area contributed by atoms with Gasteiger partial charge in [0.05, 0.1) is 19.9 Å². The number of hydrogen-bond donors (Lipinski definition) is 0. The largest absolute Gasteiger partial charge is 0.497 e. The Kier molecular flexibility index (Phi) is 4.76. The molecule has 0 spiro atoms. The van der Waals surface area contributed by atoms with Gasteiger partial charge in [0, 0.05) is 24.8 Å². The first-order chi connectivity index (χ1) is 9.66. The van der Waals surface area contributed by atoms with Gasteiger partial charge in [0.1, 0.15) is 23.3 Å². The lowest BCUT2D eigenvalue weighted by Crippen LogP contribution is -1.99. The fourth-order valence-electron chi connectivity index (χ4n) is 1.76. The molecular weight excluding hydrogens is 280 g/mol. The number of aromatic nitrogens is 2. The molecular formula is C14H15ClN2O3. The molecule has 5 nitrogen and oxygen atoms in total. The van der Waals surface area contributed by atoms with Crippen molar-refractivity contribution < 1.29 is 14.2 Å². The van der Waals surface area contributed by atoms with Gasteiger partial charge < -0.3 is 14.2 Å². The van der Waals surface area contributed by atoms with E-state index < -0.39 is 0 Å². The van der Waals surface area contributed by atoms with Gasteiger partial charge in [0.15, 0.2) is 5.82 Å². The smallest absolute Gasteiger partial charge is 0.156 e. The van der Waals surface area contributed by atoms with Crippen LogP contribution in [0.4, 0.5) is 0 Å². The lowest BCUT2D eigenvalue weighted by Gasteiger charge is -2.09. The highest BCUT2D eigenvalue weighted by molar-refractivity contribution is 6.29. The molecule has 0 amide bonds. The molecule has 20 heavy (non-hydrogen) atoms. The Labute approximate surface area is 122 Å². The maximum absolute atomic E-state index is 6.01. The van der Waals surface area contributed by atoms with Gasteiger partial charge in [-0.25, -0.2) is 9.97 Å². The van der Waals surface area contributed by atoms with Crippen LogP contribution in [0.5, 0.6) is 11.5 Å². The zero-order valence-corrected chi connectivity index (χ0v) is 12.3. The molecule has 0 atom stereocenters. The topological polar surface area (TPSA) is 53.5 Å². The summed E-state index contributed by atoms with van der Waals surface area (Å²) in [5.74, 6) is 1.89. The van der Waals surface area contributed by atoms with E-state index in [4.69, 9.17) is 25.8 Å². The SMILES string of the molecule is COCc1nc(Cl)cc(-c2cc(OC)cc(OC)c2)n1. The molecule has 0 fully saturated rings. The molecule has 0 radical (unpaired) electrons. The van der Waals surface area contributed by atoms with Crippen molar-refractivity contribution in [2.75, 3.05) is 21.3 Å². The standard InChI is InChI=1S/C14H15ClN2O3/c1-18-8-14-16-12(7-13(15)17-14)9-4-10(19-2)6-11(5-9)20-3/h4-7H,8H2,1-3H3. The molecule has 106 valence electrons. The minimum atomic E-state index is 0.300. The summed E-state index contributed by atoms with van der Waals surface area (Å²) in [7, 11) is 4.78. The van der Waals surface area contributed by atoms with Crippen molar-refractivity contribution in [3.05, 3.63) is 35.2 Å². The lowest BCUT2D eigenvalue weighted by molar-refractivity contribution is 0.178. The molecule has 2 aromatic rings. The first kappa shape index (κ1) is 14.6. The van der Waals surface area contributed by atoms with Crippen molar-refractivity contribution in [1.82, 2.24) is 9.97 Å². The van der Waals surface area contributed by atoms with Crippen LogP contribution < -0.4 is 9.47 Å². The van der Waals surface area contributed by atoms with Crippen LogP contribution in [0.15, 0.2) is 24.3 Å². The molecule has 0 unspecified atom stereocenters. The highest BCUT2D eigenvalue weighted by Crippen LogP contribution is 2.29. The third-order valence-corrected chi connectivity index (χ3v) is 2.86. The maximum Gasteiger partial charge on any atom is 0.156 e. The zero-order valence-electron chi connectivity index (χ0n) is 11.5. The first-order valence-electron chi connectivity index (χ1n) is 5.92. The average molecular weight is 295 g/mol. The Morgan fingerprint density at radius 1 is 0.950 bits per heavy atom. The second-order valence-corrected chi connectivity index (χ2v) is 4.41. The molecule has 0 aliphatic heterocycles. The van der Waals surface area contributed by atoms with Gasteiger partial charge in [-0.3, -0.25) is 0 Å². The van der Waals surface area contributed by atoms with Gasteiger partial charge in [-0.15, -0.1) is 0 Å². The van der Waals surface area contributed by atoms with Crippen LogP contribution in [0, 0.1) is 0 Å². The first-order valence-corrected chi connectivity index (χ1v) is 6.30. The van der Waals surface area contributed by atoms with E-state index in [1.54, 1.807) is 33.5 Å². The minimum absolute atomic E-state index is 0.300. The number of halogens is 1. The Bertz CT molecular complexity index is 583. The quantitative estimate of drug-likeness (QED) is 0.794. The molecule has 0 saturated carbocycles. The summed E-state index contributed by atoms with van der Waals surface area (Å²) in [6.45, 7) is 0.300. The van der Waals surface area contributed by atoms with Gasteiger partial charge >= 0.3 is 0 Å². The predicted molar refractivity (Wildman–Crippen MR) is 76.3 cm³/mol. The van der Waals surface area contributed by atoms with Crippen LogP contribution in [-0.2, 0) is 11.3 Å². The fourth-order valence-corrected chi connectivity index (χ4v) is 1.96. The van der Waals surface area contributed by atoms with E-state index in [1.807, 2.05) is 12.1 Å². The third kappa shape index (κ3) is 3.37. The van der Waals surface area contributed by atoms with Crippen LogP contribution in [0.1, 0.15) is 5.82 Å². The van der Waals surface area contributed by atoms with Crippen molar-refractivity contribution in [1.29, 1.82) is 0 Å². The third-order valence-electron chi connectivity index (χ3n) is 2.66. The van der Waals surface area contributed by atoms with Crippen molar-refractivity contribution in [2.24, 2.45) is 0 Å². The molecule has 2 rings (SSSR count). The summed E-state index contributed by atoms with van der Waals surface area (Å²) >= 11 is 6.01. The van der Waals surface area contributed by atoms with E-state index in [0.717, 1.165) is 5.56 Å². The Balaban J connectivity index is 2.49. The van der Waals surface area contributed by atoms with E-state index >= 15 is 0 Å². The highest BCUT2D eigenvalue weighted by Gasteiger charge is 2.09. The van der Waals surface area contributed by atoms with Gasteiger partial charge in [0.2, 0.25) is 0 Å². The van der Waals surface area contributed by atoms with Crippen LogP contribution >= 0.6 is 11.6 Å². The van der Waals surface area contributed by atoms with Crippen LogP contribution in [0.25, 0.3) is 11.3 Å². The number of methoxy groups -OCH3 is 3. The summed E-state index contributed by atoms with van der Waals surface area (Å²) in [5, 5.41) is 0.365. The van der Waals surface area contributed by atoms with E-state index in [1.165, 1.54) is 0 Å². The van der Waals surface area contributed by atoms with Crippen molar-refractivity contribution in [2.45, 2.75) is 6.61 Å². The van der Waals surface area contributed by atoms with Crippen molar-refractivity contribution in [3.8, 4) is 22.8 Å². The molecule has 0 saturated heterocycles. The van der Waals surface area contributed by atoms with Crippen molar-refractivity contribution in [3.63, 3.8) is 0 Å². The summed E-state index contributed by atoms with van der Waals surface area (Å²) in [6.07, 6.45) is 0. The monoisotopic (exact) mass is 294 g/mol. The van der Waals surface area contributed by atoms with Crippen molar-refractivity contribution >= 4 is 11.6 Å².